The molecule has 3 heteroatoms. The van der Waals surface area contributed by atoms with Crippen molar-refractivity contribution in [3.8, 4) is 0 Å². The number of nitrogens with one attached hydrogen (secondary N) is 1. The Labute approximate surface area is 65.8 Å². The van der Waals surface area contributed by atoms with Crippen molar-refractivity contribution in [2.75, 3.05) is 0 Å². The lowest BCUT2D eigenvalue weighted by Gasteiger charge is -2.00. The van der Waals surface area contributed by atoms with Gasteiger partial charge >= 0.3 is 0 Å². The number of aromatic amines is 1. The molecule has 0 bridgehead atoms. The van der Waals surface area contributed by atoms with Crippen LogP contribution in [0.4, 0.5) is 0 Å². The topological polar surface area (TPSA) is 37.9 Å². The van der Waals surface area contributed by atoms with Crippen LogP contribution in [0.3, 0.4) is 0 Å². The summed E-state index contributed by atoms with van der Waals surface area (Å²) >= 11 is 0. The molecule has 0 unspecified atom stereocenters. The lowest BCUT2D eigenvalue weighted by Crippen LogP contribution is -1.92. The summed E-state index contributed by atoms with van der Waals surface area (Å²) in [6.45, 7) is 5.73. The van der Waals surface area contributed by atoms with Gasteiger partial charge in [-0.3, -0.25) is 5.10 Å². The molecule has 60 valence electrons. The van der Waals surface area contributed by atoms with E-state index >= 15 is 0 Å². The highest BCUT2D eigenvalue weighted by atomic mass is 16.5. The molecule has 11 heavy (non-hydrogen) atoms. The summed E-state index contributed by atoms with van der Waals surface area (Å²) in [5.41, 5.74) is 3.60. The molecule has 0 fully saturated rings. The second kappa shape index (κ2) is 2.34. The zero-order valence-corrected chi connectivity index (χ0v) is 6.85. The largest absolute Gasteiger partial charge is 0.370 e. The fourth-order valence-corrected chi connectivity index (χ4v) is 1.43. The molecule has 0 amide bonds. The van der Waals surface area contributed by atoms with Crippen LogP contribution in [0, 0.1) is 0 Å². The Bertz CT molecular complexity index is 265. The molecule has 0 saturated carbocycles. The first-order valence-electron chi connectivity index (χ1n) is 3.93. The second-order valence-electron chi connectivity index (χ2n) is 3.21. The normalized spacial score (nSPS) is 15.9. The number of fused-ring (bicyclic) bond motifs is 1. The predicted molar refractivity (Wildman–Crippen MR) is 41.2 cm³/mol. The SMILES string of the molecule is CC(C)c1n[nH]c2c1COC2. The molecule has 0 aliphatic carbocycles. The van der Waals surface area contributed by atoms with Crippen molar-refractivity contribution in [2.24, 2.45) is 0 Å². The maximum Gasteiger partial charge on any atom is 0.0890 e. The Kier molecular flexibility index (Phi) is 1.46. The van der Waals surface area contributed by atoms with Crippen molar-refractivity contribution in [1.29, 1.82) is 0 Å². The molecule has 2 rings (SSSR count). The molecular formula is C8H12N2O. The molecule has 1 N–H and O–H groups in total. The van der Waals surface area contributed by atoms with Crippen LogP contribution in [0.15, 0.2) is 0 Å². The fraction of sp³-hybridized carbons (Fsp3) is 0.625. The summed E-state index contributed by atoms with van der Waals surface area (Å²) in [6.07, 6.45) is 0. The van der Waals surface area contributed by atoms with E-state index in [0.29, 0.717) is 12.5 Å². The minimum Gasteiger partial charge on any atom is -0.370 e. The predicted octanol–water partition coefficient (Wildman–Crippen LogP) is 1.56. The van der Waals surface area contributed by atoms with Gasteiger partial charge in [0.2, 0.25) is 0 Å². The van der Waals surface area contributed by atoms with Gasteiger partial charge in [-0.1, -0.05) is 13.8 Å². The van der Waals surface area contributed by atoms with Gasteiger partial charge in [0.05, 0.1) is 24.6 Å². The number of rotatable bonds is 1. The summed E-state index contributed by atoms with van der Waals surface area (Å²) in [7, 11) is 0. The van der Waals surface area contributed by atoms with E-state index in [-0.39, 0.29) is 0 Å². The lowest BCUT2D eigenvalue weighted by atomic mass is 10.1. The summed E-state index contributed by atoms with van der Waals surface area (Å²) in [6, 6.07) is 0. The number of nitrogens with zero attached hydrogens (tertiary/aromatic N) is 1. The highest BCUT2D eigenvalue weighted by Crippen LogP contribution is 2.25. The first kappa shape index (κ1) is 6.85. The molecule has 1 aromatic heterocycles. The van der Waals surface area contributed by atoms with Gasteiger partial charge < -0.3 is 4.74 Å². The number of hydrogen-bond donors (Lipinski definition) is 1. The van der Waals surface area contributed by atoms with Gasteiger partial charge in [-0.2, -0.15) is 5.10 Å². The molecule has 1 aliphatic heterocycles. The van der Waals surface area contributed by atoms with E-state index < -0.39 is 0 Å². The minimum atomic E-state index is 0.497. The standard InChI is InChI=1S/C8H12N2O/c1-5(2)8-6-3-11-4-7(6)9-10-8/h5H,3-4H2,1-2H3,(H,9,10). The minimum absolute atomic E-state index is 0.497. The van der Waals surface area contributed by atoms with E-state index in [1.807, 2.05) is 0 Å². The Morgan fingerprint density at radius 1 is 1.45 bits per heavy atom. The number of ether oxygens (including phenoxy) is 1. The van der Waals surface area contributed by atoms with Crippen LogP contribution in [0.1, 0.15) is 36.7 Å². The first-order valence-corrected chi connectivity index (χ1v) is 3.93. The van der Waals surface area contributed by atoms with Gasteiger partial charge in [0.15, 0.2) is 0 Å². The van der Waals surface area contributed by atoms with E-state index in [9.17, 15) is 0 Å². The smallest absolute Gasteiger partial charge is 0.0890 e. The quantitative estimate of drug-likeness (QED) is 0.663. The van der Waals surface area contributed by atoms with Crippen molar-refractivity contribution in [3.05, 3.63) is 17.0 Å². The lowest BCUT2D eigenvalue weighted by molar-refractivity contribution is 0.131. The van der Waals surface area contributed by atoms with Gasteiger partial charge in [-0.05, 0) is 5.92 Å². The van der Waals surface area contributed by atoms with Crippen LogP contribution in [0.5, 0.6) is 0 Å². The molecule has 2 heterocycles. The molecule has 0 atom stereocenters. The number of H-pyrrole nitrogens is 1. The van der Waals surface area contributed by atoms with Gasteiger partial charge in [0.25, 0.3) is 0 Å². The zero-order chi connectivity index (χ0) is 7.84. The number of hydrogen-bond acceptors (Lipinski definition) is 2. The Morgan fingerprint density at radius 3 is 3.00 bits per heavy atom. The van der Waals surface area contributed by atoms with Gasteiger partial charge in [-0.25, -0.2) is 0 Å². The summed E-state index contributed by atoms with van der Waals surface area (Å²) in [5.74, 6) is 0.497. The third kappa shape index (κ3) is 0.959. The van der Waals surface area contributed by atoms with E-state index in [2.05, 4.69) is 24.0 Å². The van der Waals surface area contributed by atoms with Crippen LogP contribution >= 0.6 is 0 Å². The fourth-order valence-electron chi connectivity index (χ4n) is 1.43. The van der Waals surface area contributed by atoms with Crippen molar-refractivity contribution in [2.45, 2.75) is 33.0 Å². The van der Waals surface area contributed by atoms with Gasteiger partial charge in [0.1, 0.15) is 0 Å². The van der Waals surface area contributed by atoms with Crippen LogP contribution in [0.2, 0.25) is 0 Å². The van der Waals surface area contributed by atoms with E-state index in [0.717, 1.165) is 18.0 Å². The maximum atomic E-state index is 5.27. The third-order valence-electron chi connectivity index (χ3n) is 2.02. The van der Waals surface area contributed by atoms with Gasteiger partial charge in [0, 0.05) is 5.56 Å². The Morgan fingerprint density at radius 2 is 2.27 bits per heavy atom. The van der Waals surface area contributed by atoms with Crippen molar-refractivity contribution in [3.63, 3.8) is 0 Å². The number of aromatic nitrogens is 2. The summed E-state index contributed by atoms with van der Waals surface area (Å²) < 4.78 is 5.27. The molecule has 3 nitrogen and oxygen atoms in total. The average molecular weight is 152 g/mol. The van der Waals surface area contributed by atoms with E-state index in [1.54, 1.807) is 0 Å². The molecule has 0 radical (unpaired) electrons. The Balaban J connectivity index is 2.42. The highest BCUT2D eigenvalue weighted by Gasteiger charge is 2.20. The maximum absolute atomic E-state index is 5.27. The van der Waals surface area contributed by atoms with Crippen LogP contribution in [0.25, 0.3) is 0 Å². The molecule has 1 aliphatic rings. The molecule has 0 aromatic carbocycles. The molecule has 0 spiro atoms. The summed E-state index contributed by atoms with van der Waals surface area (Å²) in [5, 5.41) is 7.22. The molecule has 1 aromatic rings. The van der Waals surface area contributed by atoms with Crippen molar-refractivity contribution < 1.29 is 4.74 Å². The van der Waals surface area contributed by atoms with Gasteiger partial charge in [-0.15, -0.1) is 0 Å². The van der Waals surface area contributed by atoms with E-state index in [1.165, 1.54) is 5.56 Å². The van der Waals surface area contributed by atoms with Crippen molar-refractivity contribution >= 4 is 0 Å². The first-order chi connectivity index (χ1) is 5.29. The highest BCUT2D eigenvalue weighted by molar-refractivity contribution is 5.28. The van der Waals surface area contributed by atoms with E-state index in [4.69, 9.17) is 4.74 Å². The zero-order valence-electron chi connectivity index (χ0n) is 6.85. The Hall–Kier alpha value is -0.830. The van der Waals surface area contributed by atoms with Crippen LogP contribution in [-0.4, -0.2) is 10.2 Å². The van der Waals surface area contributed by atoms with Crippen LogP contribution < -0.4 is 0 Å². The third-order valence-corrected chi connectivity index (χ3v) is 2.02. The average Bonchev–Trinajstić information content (AvgIpc) is 2.41. The monoisotopic (exact) mass is 152 g/mol. The summed E-state index contributed by atoms with van der Waals surface area (Å²) in [4.78, 5) is 0. The van der Waals surface area contributed by atoms with Crippen molar-refractivity contribution in [1.82, 2.24) is 10.2 Å². The van der Waals surface area contributed by atoms with Crippen LogP contribution in [-0.2, 0) is 18.0 Å². The molecule has 0 saturated heterocycles. The molecular weight excluding hydrogens is 140 g/mol. The second-order valence-corrected chi connectivity index (χ2v) is 3.21.